The fourth-order valence-corrected chi connectivity index (χ4v) is 3.04. The molecule has 4 rings (SSSR count). The van der Waals surface area contributed by atoms with Gasteiger partial charge in [0.15, 0.2) is 0 Å². The minimum atomic E-state index is -0.782. The van der Waals surface area contributed by atoms with Crippen LogP contribution in [0.5, 0.6) is 5.75 Å². The minimum Gasteiger partial charge on any atom is -0.455 e. The molecular formula is C18H16N2O. The second kappa shape index (κ2) is 4.04. The maximum atomic E-state index is 6.22. The van der Waals surface area contributed by atoms with Crippen molar-refractivity contribution < 1.29 is 4.74 Å². The molecule has 0 fully saturated rings. The van der Waals surface area contributed by atoms with Crippen molar-refractivity contribution in [1.29, 1.82) is 0 Å². The lowest BCUT2D eigenvalue weighted by molar-refractivity contribution is 0.211. The first-order chi connectivity index (χ1) is 10.1. The number of hydrogen-bond donors (Lipinski definition) is 0. The summed E-state index contributed by atoms with van der Waals surface area (Å²) >= 11 is 0. The molecule has 21 heavy (non-hydrogen) atoms. The Morgan fingerprint density at radius 3 is 2.67 bits per heavy atom. The van der Waals surface area contributed by atoms with Gasteiger partial charge in [0, 0.05) is 10.8 Å². The molecule has 0 radical (unpaired) electrons. The summed E-state index contributed by atoms with van der Waals surface area (Å²) in [4.78, 5) is 9.37. The van der Waals surface area contributed by atoms with Gasteiger partial charge in [-0.1, -0.05) is 18.2 Å². The van der Waals surface area contributed by atoms with Crippen LogP contribution < -0.4 is 15.3 Å². The number of rotatable bonds is 0. The van der Waals surface area contributed by atoms with E-state index < -0.39 is 5.72 Å². The van der Waals surface area contributed by atoms with Crippen molar-refractivity contribution in [1.82, 2.24) is 0 Å². The Balaban J connectivity index is 1.98. The van der Waals surface area contributed by atoms with Crippen molar-refractivity contribution in [3.63, 3.8) is 0 Å². The fourth-order valence-electron chi connectivity index (χ4n) is 3.04. The van der Waals surface area contributed by atoms with Gasteiger partial charge >= 0.3 is 0 Å². The van der Waals surface area contributed by atoms with E-state index in [9.17, 15) is 0 Å². The summed E-state index contributed by atoms with van der Waals surface area (Å²) in [5.41, 5.74) is 3.72. The first-order valence-electron chi connectivity index (χ1n) is 7.11. The molecule has 0 bridgehead atoms. The van der Waals surface area contributed by atoms with Crippen LogP contribution in [0.1, 0.15) is 18.1 Å². The van der Waals surface area contributed by atoms with Crippen molar-refractivity contribution in [2.24, 2.45) is 9.98 Å². The van der Waals surface area contributed by atoms with Gasteiger partial charge in [-0.2, -0.15) is 0 Å². The van der Waals surface area contributed by atoms with Crippen molar-refractivity contribution >= 4 is 17.5 Å². The Hall–Kier alpha value is -2.42. The number of ether oxygens (including phenoxy) is 1. The van der Waals surface area contributed by atoms with Gasteiger partial charge in [0.1, 0.15) is 11.4 Å². The molecule has 2 aromatic carbocycles. The zero-order valence-electron chi connectivity index (χ0n) is 12.3. The normalized spacial score (nSPS) is 21.8. The van der Waals surface area contributed by atoms with Crippen LogP contribution in [-0.2, 0) is 0 Å². The second-order valence-electron chi connectivity index (χ2n) is 5.66. The van der Waals surface area contributed by atoms with Crippen LogP contribution in [0.2, 0.25) is 0 Å². The lowest BCUT2D eigenvalue weighted by atomic mass is 10.00. The number of benzene rings is 2. The molecule has 3 nitrogen and oxygen atoms in total. The number of fused-ring (bicyclic) bond motifs is 2. The monoisotopic (exact) mass is 276 g/mol. The molecule has 2 heterocycles. The van der Waals surface area contributed by atoms with E-state index in [1.54, 1.807) is 0 Å². The second-order valence-corrected chi connectivity index (χ2v) is 5.66. The van der Waals surface area contributed by atoms with Crippen molar-refractivity contribution in [3.05, 3.63) is 58.1 Å². The van der Waals surface area contributed by atoms with E-state index in [0.29, 0.717) is 0 Å². The molecule has 2 aromatic rings. The fraction of sp³-hybridized carbons (Fsp3) is 0.222. The predicted octanol–water partition coefficient (Wildman–Crippen LogP) is 2.60. The topological polar surface area (TPSA) is 34.0 Å². The molecule has 3 heteroatoms. The molecular weight excluding hydrogens is 260 g/mol. The molecule has 1 unspecified atom stereocenters. The average molecular weight is 276 g/mol. The third-order valence-electron chi connectivity index (χ3n) is 4.42. The number of aryl methyl sites for hydroxylation is 1. The van der Waals surface area contributed by atoms with Gasteiger partial charge in [0.2, 0.25) is 0 Å². The molecule has 2 aliphatic rings. The highest BCUT2D eigenvalue weighted by Crippen LogP contribution is 2.37. The molecule has 1 spiro atoms. The highest BCUT2D eigenvalue weighted by Gasteiger charge is 2.39. The van der Waals surface area contributed by atoms with Gasteiger partial charge in [-0.3, -0.25) is 4.99 Å². The number of nitrogens with zero attached hydrogens (tertiary/aromatic N) is 2. The zero-order valence-corrected chi connectivity index (χ0v) is 12.3. The van der Waals surface area contributed by atoms with E-state index in [1.165, 1.54) is 16.3 Å². The summed E-state index contributed by atoms with van der Waals surface area (Å²) in [5.74, 6) is 0.783. The molecule has 1 atom stereocenters. The number of para-hydroxylation sites is 2. The van der Waals surface area contributed by atoms with Gasteiger partial charge in [-0.25, -0.2) is 4.99 Å². The van der Waals surface area contributed by atoms with E-state index in [4.69, 9.17) is 9.73 Å². The minimum absolute atomic E-state index is 0.782. The summed E-state index contributed by atoms with van der Waals surface area (Å²) in [6.07, 6.45) is 1.82. The van der Waals surface area contributed by atoms with Crippen LogP contribution in [0.3, 0.4) is 0 Å². The lowest BCUT2D eigenvalue weighted by Gasteiger charge is -2.29. The summed E-state index contributed by atoms with van der Waals surface area (Å²) in [7, 11) is 0. The molecule has 0 saturated carbocycles. The standard InChI is InChI=1S/C18H16N2O/c1-11-8-9-15-17(12(11)2)13(3)18(20-15)10-19-14-6-4-5-7-16(14)21-18/h4-10H,1-3H3. The Labute approximate surface area is 123 Å². The summed E-state index contributed by atoms with van der Waals surface area (Å²) < 4.78 is 6.22. The van der Waals surface area contributed by atoms with E-state index in [-0.39, 0.29) is 0 Å². The SMILES string of the molecule is CC1=c2c(C)c(C)ccc2=NC12C=Nc1ccccc1O2. The number of hydrogen-bond acceptors (Lipinski definition) is 3. The maximum absolute atomic E-state index is 6.22. The first-order valence-corrected chi connectivity index (χ1v) is 7.11. The van der Waals surface area contributed by atoms with Crippen LogP contribution >= 0.6 is 0 Å². The van der Waals surface area contributed by atoms with E-state index in [2.05, 4.69) is 37.9 Å². The Morgan fingerprint density at radius 2 is 1.81 bits per heavy atom. The average Bonchev–Trinajstić information content (AvgIpc) is 2.76. The quantitative estimate of drug-likeness (QED) is 0.728. The van der Waals surface area contributed by atoms with E-state index in [1.807, 2.05) is 30.5 Å². The predicted molar refractivity (Wildman–Crippen MR) is 83.7 cm³/mol. The van der Waals surface area contributed by atoms with E-state index >= 15 is 0 Å². The number of aliphatic imine (C=N–C) groups is 1. The maximum Gasteiger partial charge on any atom is 0.260 e. The molecule has 104 valence electrons. The third-order valence-corrected chi connectivity index (χ3v) is 4.42. The van der Waals surface area contributed by atoms with Crippen LogP contribution in [0, 0.1) is 13.8 Å². The summed E-state index contributed by atoms with van der Waals surface area (Å²) in [6.45, 7) is 6.35. The van der Waals surface area contributed by atoms with Gasteiger partial charge < -0.3 is 4.74 Å². The smallest absolute Gasteiger partial charge is 0.260 e. The third kappa shape index (κ3) is 1.60. The molecule has 0 saturated heterocycles. The van der Waals surface area contributed by atoms with Crippen LogP contribution in [0.25, 0.3) is 5.57 Å². The highest BCUT2D eigenvalue weighted by molar-refractivity contribution is 5.89. The van der Waals surface area contributed by atoms with Gasteiger partial charge in [-0.05, 0) is 50.1 Å². The Kier molecular flexibility index (Phi) is 2.37. The zero-order chi connectivity index (χ0) is 14.6. The summed E-state index contributed by atoms with van der Waals surface area (Å²) in [5, 5.41) is 2.18. The van der Waals surface area contributed by atoms with Crippen molar-refractivity contribution in [2.45, 2.75) is 26.5 Å². The van der Waals surface area contributed by atoms with Crippen molar-refractivity contribution in [2.75, 3.05) is 0 Å². The van der Waals surface area contributed by atoms with Crippen LogP contribution in [0.4, 0.5) is 5.69 Å². The Bertz CT molecular complexity index is 911. The van der Waals surface area contributed by atoms with Crippen LogP contribution in [0.15, 0.2) is 46.4 Å². The Morgan fingerprint density at radius 1 is 1.00 bits per heavy atom. The highest BCUT2D eigenvalue weighted by atomic mass is 16.5. The molecule has 2 aliphatic heterocycles. The van der Waals surface area contributed by atoms with Gasteiger partial charge in [-0.15, -0.1) is 0 Å². The molecule has 0 N–H and O–H groups in total. The molecule has 0 aromatic heterocycles. The van der Waals surface area contributed by atoms with E-state index in [0.717, 1.165) is 22.4 Å². The largest absolute Gasteiger partial charge is 0.455 e. The molecule has 0 aliphatic carbocycles. The lowest BCUT2D eigenvalue weighted by Crippen LogP contribution is -2.37. The summed E-state index contributed by atoms with van der Waals surface area (Å²) in [6, 6.07) is 12.0. The van der Waals surface area contributed by atoms with Crippen LogP contribution in [-0.4, -0.2) is 11.9 Å². The van der Waals surface area contributed by atoms with Crippen molar-refractivity contribution in [3.8, 4) is 5.75 Å². The molecule has 0 amide bonds. The van der Waals surface area contributed by atoms with Gasteiger partial charge in [0.05, 0.1) is 11.6 Å². The first kappa shape index (κ1) is 12.3. The van der Waals surface area contributed by atoms with Gasteiger partial charge in [0.25, 0.3) is 5.72 Å².